The number of aromatic nitrogens is 1. The molecule has 0 aliphatic rings. The Labute approximate surface area is 124 Å². The van der Waals surface area contributed by atoms with Gasteiger partial charge in [0, 0.05) is 30.8 Å². The number of carboxylic acid groups (broad SMARTS) is 1. The lowest BCUT2D eigenvalue weighted by Crippen LogP contribution is -2.13. The van der Waals surface area contributed by atoms with E-state index in [0.29, 0.717) is 25.1 Å². The fourth-order valence-electron chi connectivity index (χ4n) is 2.99. The van der Waals surface area contributed by atoms with Crippen LogP contribution in [0.2, 0.25) is 0 Å². The number of rotatable bonds is 6. The Balaban J connectivity index is 2.80. The van der Waals surface area contributed by atoms with Gasteiger partial charge in [-0.2, -0.15) is 0 Å². The second-order valence-electron chi connectivity index (χ2n) is 5.29. The minimum atomic E-state index is -0.914. The van der Waals surface area contributed by atoms with Crippen molar-refractivity contribution in [2.75, 3.05) is 13.2 Å². The van der Waals surface area contributed by atoms with Gasteiger partial charge in [-0.05, 0) is 37.8 Å². The summed E-state index contributed by atoms with van der Waals surface area (Å²) in [5.74, 6) is -0.914. The van der Waals surface area contributed by atoms with Crippen LogP contribution in [0.1, 0.15) is 33.6 Å². The molecular weight excluding hydrogens is 268 g/mol. The molecule has 0 radical (unpaired) electrons. The lowest BCUT2D eigenvalue weighted by Gasteiger charge is -2.10. The zero-order valence-corrected chi connectivity index (χ0v) is 12.5. The number of aliphatic hydroxyl groups excluding tert-OH is 1. The predicted molar refractivity (Wildman–Crippen MR) is 82.8 cm³/mol. The molecule has 5 nitrogen and oxygen atoms in total. The van der Waals surface area contributed by atoms with Crippen molar-refractivity contribution < 1.29 is 15.0 Å². The Morgan fingerprint density at radius 2 is 2.05 bits per heavy atom. The molecule has 1 aromatic carbocycles. The van der Waals surface area contributed by atoms with Crippen molar-refractivity contribution in [2.24, 2.45) is 5.73 Å². The molecule has 4 N–H and O–H groups in total. The van der Waals surface area contributed by atoms with Gasteiger partial charge >= 0.3 is 5.97 Å². The van der Waals surface area contributed by atoms with Crippen molar-refractivity contribution in [1.29, 1.82) is 0 Å². The maximum Gasteiger partial charge on any atom is 0.338 e. The van der Waals surface area contributed by atoms with Crippen molar-refractivity contribution in [2.45, 2.75) is 33.2 Å². The van der Waals surface area contributed by atoms with Gasteiger partial charge in [0.15, 0.2) is 0 Å². The quantitative estimate of drug-likeness (QED) is 0.757. The number of hydrogen-bond acceptors (Lipinski definition) is 3. The molecule has 2 aromatic rings. The highest BCUT2D eigenvalue weighted by molar-refractivity contribution is 6.05. The lowest BCUT2D eigenvalue weighted by molar-refractivity contribution is 0.0698. The molecule has 0 unspecified atom stereocenters. The first kappa shape index (κ1) is 15.5. The highest BCUT2D eigenvalue weighted by Gasteiger charge is 2.21. The summed E-state index contributed by atoms with van der Waals surface area (Å²) in [6, 6.07) is 3.82. The number of benzene rings is 1. The van der Waals surface area contributed by atoms with Crippen LogP contribution in [-0.4, -0.2) is 33.9 Å². The largest absolute Gasteiger partial charge is 0.478 e. The minimum Gasteiger partial charge on any atom is -0.478 e. The van der Waals surface area contributed by atoms with Crippen molar-refractivity contribution in [3.8, 4) is 0 Å². The van der Waals surface area contributed by atoms with Gasteiger partial charge in [0.1, 0.15) is 0 Å². The van der Waals surface area contributed by atoms with Crippen LogP contribution in [0.3, 0.4) is 0 Å². The van der Waals surface area contributed by atoms with E-state index in [9.17, 15) is 9.90 Å². The fraction of sp³-hybridized carbons (Fsp3) is 0.438. The van der Waals surface area contributed by atoms with Crippen molar-refractivity contribution in [3.05, 3.63) is 34.5 Å². The average molecular weight is 290 g/mol. The summed E-state index contributed by atoms with van der Waals surface area (Å²) in [5, 5.41) is 19.6. The molecule has 0 fully saturated rings. The molecule has 0 saturated carbocycles. The molecule has 0 spiro atoms. The molecule has 0 atom stereocenters. The van der Waals surface area contributed by atoms with Gasteiger partial charge in [0.05, 0.1) is 11.1 Å². The van der Waals surface area contributed by atoms with Crippen LogP contribution >= 0.6 is 0 Å². The number of nitrogens with two attached hydrogens (primary N) is 1. The van der Waals surface area contributed by atoms with E-state index >= 15 is 0 Å². The van der Waals surface area contributed by atoms with Crippen LogP contribution in [0.25, 0.3) is 10.9 Å². The van der Waals surface area contributed by atoms with Gasteiger partial charge in [0.25, 0.3) is 0 Å². The van der Waals surface area contributed by atoms with E-state index in [2.05, 4.69) is 0 Å². The second kappa shape index (κ2) is 6.28. The van der Waals surface area contributed by atoms with Gasteiger partial charge in [-0.15, -0.1) is 0 Å². The molecule has 2 rings (SSSR count). The Bertz CT molecular complexity index is 674. The summed E-state index contributed by atoms with van der Waals surface area (Å²) in [4.78, 5) is 11.6. The molecule has 0 amide bonds. The first-order chi connectivity index (χ1) is 10.0. The number of carboxylic acids is 1. The van der Waals surface area contributed by atoms with E-state index in [1.807, 2.05) is 30.5 Å². The fourth-order valence-corrected chi connectivity index (χ4v) is 2.99. The van der Waals surface area contributed by atoms with Gasteiger partial charge in [-0.1, -0.05) is 12.1 Å². The van der Waals surface area contributed by atoms with E-state index in [0.717, 1.165) is 34.1 Å². The van der Waals surface area contributed by atoms with Crippen LogP contribution in [-0.2, 0) is 13.0 Å². The Morgan fingerprint density at radius 3 is 2.62 bits per heavy atom. The van der Waals surface area contributed by atoms with Crippen LogP contribution < -0.4 is 5.73 Å². The summed E-state index contributed by atoms with van der Waals surface area (Å²) in [7, 11) is 0. The summed E-state index contributed by atoms with van der Waals surface area (Å²) < 4.78 is 2.00. The summed E-state index contributed by atoms with van der Waals surface area (Å²) in [6.45, 7) is 4.97. The first-order valence-electron chi connectivity index (χ1n) is 7.18. The maximum atomic E-state index is 11.6. The maximum absolute atomic E-state index is 11.6. The Hall–Kier alpha value is -1.85. The molecule has 1 aromatic heterocycles. The number of aliphatic hydroxyl groups is 1. The molecule has 1 heterocycles. The average Bonchev–Trinajstić information content (AvgIpc) is 2.69. The molecular formula is C16H22N2O3. The third kappa shape index (κ3) is 2.66. The zero-order valence-electron chi connectivity index (χ0n) is 12.5. The van der Waals surface area contributed by atoms with Gasteiger partial charge in [0.2, 0.25) is 0 Å². The molecule has 0 bridgehead atoms. The highest BCUT2D eigenvalue weighted by atomic mass is 16.4. The van der Waals surface area contributed by atoms with Gasteiger partial charge in [-0.3, -0.25) is 0 Å². The molecule has 0 aliphatic heterocycles. The monoisotopic (exact) mass is 290 g/mol. The van der Waals surface area contributed by atoms with E-state index < -0.39 is 5.97 Å². The molecule has 0 aliphatic carbocycles. The topological polar surface area (TPSA) is 88.5 Å². The number of aryl methyl sites for hydroxylation is 2. The standard InChI is InChI=1S/C16H22N2O3/c1-10-5-6-13-12(4-3-9-19)11(2)18(8-7-17)15(13)14(10)16(20)21/h5-6,19H,3-4,7-9,17H2,1-2H3,(H,20,21). The number of carbonyl (C=O) groups is 1. The van der Waals surface area contributed by atoms with E-state index in [1.54, 1.807) is 0 Å². The van der Waals surface area contributed by atoms with Crippen LogP contribution in [0.5, 0.6) is 0 Å². The molecule has 0 saturated heterocycles. The normalized spacial score (nSPS) is 11.2. The SMILES string of the molecule is Cc1ccc2c(CCCO)c(C)n(CCN)c2c1C(=O)O. The van der Waals surface area contributed by atoms with Crippen molar-refractivity contribution in [3.63, 3.8) is 0 Å². The summed E-state index contributed by atoms with van der Waals surface area (Å²) in [5.41, 5.74) is 9.68. The summed E-state index contributed by atoms with van der Waals surface area (Å²) >= 11 is 0. The third-order valence-corrected chi connectivity index (χ3v) is 3.97. The molecule has 114 valence electrons. The van der Waals surface area contributed by atoms with Crippen LogP contribution in [0, 0.1) is 13.8 Å². The number of aromatic carboxylic acids is 1. The van der Waals surface area contributed by atoms with Gasteiger partial charge in [-0.25, -0.2) is 4.79 Å². The van der Waals surface area contributed by atoms with Crippen molar-refractivity contribution in [1.82, 2.24) is 4.57 Å². The van der Waals surface area contributed by atoms with E-state index in [-0.39, 0.29) is 6.61 Å². The smallest absolute Gasteiger partial charge is 0.338 e. The molecule has 21 heavy (non-hydrogen) atoms. The van der Waals surface area contributed by atoms with Crippen LogP contribution in [0.4, 0.5) is 0 Å². The second-order valence-corrected chi connectivity index (χ2v) is 5.29. The third-order valence-electron chi connectivity index (χ3n) is 3.97. The first-order valence-corrected chi connectivity index (χ1v) is 7.18. The summed E-state index contributed by atoms with van der Waals surface area (Å²) in [6.07, 6.45) is 1.40. The van der Waals surface area contributed by atoms with Gasteiger partial charge < -0.3 is 20.5 Å². The lowest BCUT2D eigenvalue weighted by atomic mass is 10.0. The molecule has 5 heteroatoms. The Kier molecular flexibility index (Phi) is 4.65. The zero-order chi connectivity index (χ0) is 15.6. The highest BCUT2D eigenvalue weighted by Crippen LogP contribution is 2.31. The van der Waals surface area contributed by atoms with Crippen LogP contribution in [0.15, 0.2) is 12.1 Å². The number of nitrogens with zero attached hydrogens (tertiary/aromatic N) is 1. The number of fused-ring (bicyclic) bond motifs is 1. The minimum absolute atomic E-state index is 0.126. The van der Waals surface area contributed by atoms with E-state index in [4.69, 9.17) is 10.8 Å². The predicted octanol–water partition coefficient (Wildman–Crippen LogP) is 1.84. The van der Waals surface area contributed by atoms with Crippen molar-refractivity contribution >= 4 is 16.9 Å². The Morgan fingerprint density at radius 1 is 1.33 bits per heavy atom. The number of hydrogen-bond donors (Lipinski definition) is 3. The van der Waals surface area contributed by atoms with E-state index in [1.165, 1.54) is 0 Å².